The van der Waals surface area contributed by atoms with E-state index in [1.807, 2.05) is 12.1 Å². The van der Waals surface area contributed by atoms with Crippen molar-refractivity contribution in [1.82, 2.24) is 5.43 Å². The maximum atomic E-state index is 12.4. The summed E-state index contributed by atoms with van der Waals surface area (Å²) in [6.45, 7) is 3.59. The minimum atomic E-state index is -0.430. The van der Waals surface area contributed by atoms with E-state index in [0.717, 1.165) is 36.5 Å². The Morgan fingerprint density at radius 3 is 2.60 bits per heavy atom. The number of non-ortho nitro benzene ring substituents is 1. The van der Waals surface area contributed by atoms with E-state index in [0.29, 0.717) is 10.6 Å². The molecule has 1 aliphatic heterocycles. The van der Waals surface area contributed by atoms with Crippen molar-refractivity contribution in [3.63, 3.8) is 0 Å². The lowest BCUT2D eigenvalue weighted by molar-refractivity contribution is -0.384. The number of nitrogens with zero attached hydrogens (tertiary/aromatic N) is 3. The van der Waals surface area contributed by atoms with Crippen LogP contribution in [0.1, 0.15) is 31.7 Å². The van der Waals surface area contributed by atoms with Gasteiger partial charge >= 0.3 is 0 Å². The normalized spacial score (nSPS) is 15.2. The van der Waals surface area contributed by atoms with Gasteiger partial charge in [0, 0.05) is 46.4 Å². The first kappa shape index (κ1) is 22.1. The molecule has 1 amide bonds. The molecule has 2 aromatic carbocycles. The smallest absolute Gasteiger partial charge is 0.270 e. The van der Waals surface area contributed by atoms with Crippen LogP contribution in [0.15, 0.2) is 52.5 Å². The first-order chi connectivity index (χ1) is 14.4. The average molecular weight is 447 g/mol. The van der Waals surface area contributed by atoms with Gasteiger partial charge in [0.15, 0.2) is 0 Å². The Hall–Kier alpha value is -2.58. The highest BCUT2D eigenvalue weighted by Crippen LogP contribution is 2.27. The fourth-order valence-corrected chi connectivity index (χ4v) is 4.20. The summed E-state index contributed by atoms with van der Waals surface area (Å²) in [5.41, 5.74) is 4.04. The van der Waals surface area contributed by atoms with Gasteiger partial charge in [0.2, 0.25) is 0 Å². The van der Waals surface area contributed by atoms with Crippen molar-refractivity contribution >= 4 is 46.9 Å². The molecule has 1 N–H and O–H groups in total. The zero-order valence-corrected chi connectivity index (χ0v) is 18.2. The fourth-order valence-electron chi connectivity index (χ4n) is 3.21. The van der Waals surface area contributed by atoms with Crippen LogP contribution in [0.4, 0.5) is 11.4 Å². The lowest BCUT2D eigenvalue weighted by atomic mass is 10.1. The van der Waals surface area contributed by atoms with Crippen molar-refractivity contribution in [2.24, 2.45) is 5.10 Å². The summed E-state index contributed by atoms with van der Waals surface area (Å²) < 4.78 is 0. The third-order valence-electron chi connectivity index (χ3n) is 4.79. The van der Waals surface area contributed by atoms with Crippen molar-refractivity contribution in [2.45, 2.75) is 36.3 Å². The van der Waals surface area contributed by atoms with Gasteiger partial charge in [0.25, 0.3) is 11.6 Å². The van der Waals surface area contributed by atoms with Gasteiger partial charge in [0.1, 0.15) is 0 Å². The second-order valence-electron chi connectivity index (χ2n) is 7.00. The van der Waals surface area contributed by atoms with Gasteiger partial charge in [-0.1, -0.05) is 11.6 Å². The van der Waals surface area contributed by atoms with E-state index >= 15 is 0 Å². The average Bonchev–Trinajstić information content (AvgIpc) is 2.75. The molecule has 3 rings (SSSR count). The molecule has 1 atom stereocenters. The minimum Gasteiger partial charge on any atom is -0.371 e. The van der Waals surface area contributed by atoms with Crippen LogP contribution in [0.5, 0.6) is 0 Å². The van der Waals surface area contributed by atoms with Gasteiger partial charge in [-0.2, -0.15) is 5.10 Å². The number of halogens is 1. The molecule has 0 saturated carbocycles. The molecule has 7 nitrogen and oxygen atoms in total. The SMILES string of the molecule is C[C@@H](Sc1ccc(Cl)cc1)C(=O)N/N=C\c1cc([N+](=O)[O-])ccc1N1CCCCC1. The topological polar surface area (TPSA) is 87.8 Å². The van der Waals surface area contributed by atoms with Gasteiger partial charge < -0.3 is 4.90 Å². The summed E-state index contributed by atoms with van der Waals surface area (Å²) in [4.78, 5) is 26.3. The minimum absolute atomic E-state index is 0.00445. The maximum Gasteiger partial charge on any atom is 0.270 e. The number of amides is 1. The lowest BCUT2D eigenvalue weighted by Gasteiger charge is -2.29. The number of thioether (sulfide) groups is 1. The van der Waals surface area contributed by atoms with Crippen molar-refractivity contribution in [3.05, 3.63) is 63.2 Å². The Morgan fingerprint density at radius 1 is 1.23 bits per heavy atom. The third-order valence-corrected chi connectivity index (χ3v) is 6.16. The molecular weight excluding hydrogens is 424 g/mol. The molecule has 30 heavy (non-hydrogen) atoms. The van der Waals surface area contributed by atoms with E-state index in [2.05, 4.69) is 15.4 Å². The summed E-state index contributed by atoms with van der Waals surface area (Å²) in [5, 5.41) is 15.5. The number of rotatable bonds is 7. The number of nitro benzene ring substituents is 1. The van der Waals surface area contributed by atoms with Crippen molar-refractivity contribution in [2.75, 3.05) is 18.0 Å². The van der Waals surface area contributed by atoms with E-state index in [4.69, 9.17) is 11.6 Å². The summed E-state index contributed by atoms with van der Waals surface area (Å²) >= 11 is 7.28. The highest BCUT2D eigenvalue weighted by atomic mass is 35.5. The Bertz CT molecular complexity index is 930. The number of hydrogen-bond acceptors (Lipinski definition) is 6. The summed E-state index contributed by atoms with van der Waals surface area (Å²) in [7, 11) is 0. The molecule has 0 aliphatic carbocycles. The van der Waals surface area contributed by atoms with Crippen molar-refractivity contribution < 1.29 is 9.72 Å². The van der Waals surface area contributed by atoms with E-state index in [-0.39, 0.29) is 16.8 Å². The zero-order chi connectivity index (χ0) is 21.5. The monoisotopic (exact) mass is 446 g/mol. The number of nitrogens with one attached hydrogen (secondary N) is 1. The van der Waals surface area contributed by atoms with Crippen molar-refractivity contribution in [1.29, 1.82) is 0 Å². The van der Waals surface area contributed by atoms with E-state index in [9.17, 15) is 14.9 Å². The highest BCUT2D eigenvalue weighted by molar-refractivity contribution is 8.00. The summed E-state index contributed by atoms with van der Waals surface area (Å²) in [6, 6.07) is 12.0. The number of carbonyl (C=O) groups excluding carboxylic acids is 1. The van der Waals surface area contributed by atoms with Gasteiger partial charge in [0.05, 0.1) is 16.4 Å². The van der Waals surface area contributed by atoms with E-state index < -0.39 is 4.92 Å². The number of hydrogen-bond donors (Lipinski definition) is 1. The second kappa shape index (κ2) is 10.4. The molecule has 0 unspecified atom stereocenters. The largest absolute Gasteiger partial charge is 0.371 e. The van der Waals surface area contributed by atoms with Crippen molar-refractivity contribution in [3.8, 4) is 0 Å². The molecule has 1 heterocycles. The fraction of sp³-hybridized carbons (Fsp3) is 0.333. The number of hydrazone groups is 1. The number of nitro groups is 1. The van der Waals surface area contributed by atoms with Gasteiger partial charge in [-0.15, -0.1) is 11.8 Å². The van der Waals surface area contributed by atoms with E-state index in [1.165, 1.54) is 36.5 Å². The first-order valence-electron chi connectivity index (χ1n) is 9.72. The third kappa shape index (κ3) is 5.96. The number of carbonyl (C=O) groups is 1. The highest BCUT2D eigenvalue weighted by Gasteiger charge is 2.17. The van der Waals surface area contributed by atoms with Gasteiger partial charge in [-0.25, -0.2) is 5.43 Å². The molecule has 1 aliphatic rings. The second-order valence-corrected chi connectivity index (χ2v) is 8.85. The number of anilines is 1. The Balaban J connectivity index is 1.68. The molecule has 0 radical (unpaired) electrons. The van der Waals surface area contributed by atoms with Crippen LogP contribution in [0, 0.1) is 10.1 Å². The maximum absolute atomic E-state index is 12.4. The molecule has 1 saturated heterocycles. The first-order valence-corrected chi connectivity index (χ1v) is 11.0. The molecule has 158 valence electrons. The quantitative estimate of drug-likeness (QED) is 0.283. The van der Waals surface area contributed by atoms with Crippen LogP contribution in [0.2, 0.25) is 5.02 Å². The zero-order valence-electron chi connectivity index (χ0n) is 16.6. The lowest BCUT2D eigenvalue weighted by Crippen LogP contribution is -2.30. The predicted molar refractivity (Wildman–Crippen MR) is 122 cm³/mol. The Morgan fingerprint density at radius 2 is 1.93 bits per heavy atom. The molecule has 9 heteroatoms. The molecule has 1 fully saturated rings. The standard InChI is InChI=1S/C21H23ClN4O3S/c1-15(30-19-8-5-17(22)6-9-19)21(27)24-23-14-16-13-18(26(28)29)7-10-20(16)25-11-3-2-4-12-25/h5-10,13-15H,2-4,11-12H2,1H3,(H,24,27)/b23-14-/t15-/m1/s1. The Labute approximate surface area is 184 Å². The Kier molecular flexibility index (Phi) is 7.70. The van der Waals surface area contributed by atoms with Crippen LogP contribution in [-0.4, -0.2) is 35.4 Å². The number of benzene rings is 2. The van der Waals surface area contributed by atoms with Crippen LogP contribution < -0.4 is 10.3 Å². The summed E-state index contributed by atoms with van der Waals surface area (Å²) in [6.07, 6.45) is 4.84. The van der Waals surface area contributed by atoms with Gasteiger partial charge in [-0.3, -0.25) is 14.9 Å². The van der Waals surface area contributed by atoms with Gasteiger partial charge in [-0.05, 0) is 56.5 Å². The predicted octanol–water partition coefficient (Wildman–Crippen LogP) is 4.87. The molecule has 0 spiro atoms. The number of piperidine rings is 1. The van der Waals surface area contributed by atoms with Crippen LogP contribution in [-0.2, 0) is 4.79 Å². The molecule has 0 bridgehead atoms. The molecular formula is C21H23ClN4O3S. The van der Waals surface area contributed by atoms with Crippen LogP contribution >= 0.6 is 23.4 Å². The van der Waals surface area contributed by atoms with Crippen LogP contribution in [0.25, 0.3) is 0 Å². The molecule has 2 aromatic rings. The molecule has 0 aromatic heterocycles. The van der Waals surface area contributed by atoms with E-state index in [1.54, 1.807) is 25.1 Å². The van der Waals surface area contributed by atoms with Crippen LogP contribution in [0.3, 0.4) is 0 Å². The summed E-state index contributed by atoms with van der Waals surface area (Å²) in [5.74, 6) is -0.254.